The fourth-order valence-electron chi connectivity index (χ4n) is 4.06. The van der Waals surface area contributed by atoms with Crippen LogP contribution in [0.25, 0.3) is 0 Å². The van der Waals surface area contributed by atoms with Crippen molar-refractivity contribution in [3.8, 4) is 0 Å². The van der Waals surface area contributed by atoms with Crippen molar-refractivity contribution in [1.82, 2.24) is 9.96 Å². The van der Waals surface area contributed by atoms with Crippen LogP contribution in [0.15, 0.2) is 54.6 Å². The van der Waals surface area contributed by atoms with Gasteiger partial charge in [-0.25, -0.2) is 9.69 Å². The fourth-order valence-corrected chi connectivity index (χ4v) is 4.18. The molecule has 7 heteroatoms. The molecule has 6 nitrogen and oxygen atoms in total. The summed E-state index contributed by atoms with van der Waals surface area (Å²) in [6, 6.07) is 16.8. The van der Waals surface area contributed by atoms with Gasteiger partial charge in [0.2, 0.25) is 0 Å². The second kappa shape index (κ2) is 7.78. The number of carbonyl (C=O) groups excluding carboxylic acids is 2. The van der Waals surface area contributed by atoms with Crippen LogP contribution in [-0.2, 0) is 20.8 Å². The number of hydrogen-bond acceptors (Lipinski definition) is 5. The van der Waals surface area contributed by atoms with Crippen LogP contribution >= 0.6 is 11.6 Å². The van der Waals surface area contributed by atoms with E-state index in [9.17, 15) is 9.59 Å². The lowest BCUT2D eigenvalue weighted by Gasteiger charge is -2.28. The number of benzene rings is 2. The highest BCUT2D eigenvalue weighted by Gasteiger charge is 2.53. The number of rotatable bonds is 4. The molecular formula is C22H23ClN2O4. The average molecular weight is 415 g/mol. The van der Waals surface area contributed by atoms with Crippen molar-refractivity contribution < 1.29 is 19.2 Å². The third-order valence-electron chi connectivity index (χ3n) is 5.57. The summed E-state index contributed by atoms with van der Waals surface area (Å²) in [5, 5.41) is 2.33. The van der Waals surface area contributed by atoms with Crippen LogP contribution in [-0.4, -0.2) is 47.3 Å². The highest BCUT2D eigenvalue weighted by molar-refractivity contribution is 6.30. The smallest absolute Gasteiger partial charge is 0.417 e. The molecule has 0 N–H and O–H groups in total. The third-order valence-corrected chi connectivity index (χ3v) is 5.82. The van der Waals surface area contributed by atoms with E-state index in [2.05, 4.69) is 0 Å². The van der Waals surface area contributed by atoms with Crippen molar-refractivity contribution in [2.75, 3.05) is 13.7 Å². The van der Waals surface area contributed by atoms with Crippen molar-refractivity contribution in [1.29, 1.82) is 0 Å². The number of cyclic esters (lactones) is 1. The van der Waals surface area contributed by atoms with Gasteiger partial charge in [0.25, 0.3) is 5.91 Å². The number of halogens is 1. The molecule has 2 amide bonds. The minimum atomic E-state index is -1.16. The monoisotopic (exact) mass is 414 g/mol. The second-order valence-electron chi connectivity index (χ2n) is 7.74. The Morgan fingerprint density at radius 3 is 2.55 bits per heavy atom. The van der Waals surface area contributed by atoms with Crippen LogP contribution in [0.3, 0.4) is 0 Å². The van der Waals surface area contributed by atoms with Gasteiger partial charge in [0.1, 0.15) is 6.61 Å². The van der Waals surface area contributed by atoms with Gasteiger partial charge < -0.3 is 4.74 Å². The Balaban J connectivity index is 1.54. The van der Waals surface area contributed by atoms with E-state index in [1.54, 1.807) is 19.0 Å². The summed E-state index contributed by atoms with van der Waals surface area (Å²) in [5.74, 6) is -0.371. The van der Waals surface area contributed by atoms with E-state index >= 15 is 0 Å². The number of nitrogens with zero attached hydrogens (tertiary/aromatic N) is 2. The Morgan fingerprint density at radius 2 is 1.86 bits per heavy atom. The summed E-state index contributed by atoms with van der Waals surface area (Å²) in [6.07, 6.45) is 0.356. The molecule has 0 saturated carbocycles. The van der Waals surface area contributed by atoms with Crippen LogP contribution in [0, 0.1) is 0 Å². The van der Waals surface area contributed by atoms with E-state index in [-0.39, 0.29) is 24.6 Å². The molecule has 0 spiro atoms. The molecule has 2 aliphatic rings. The summed E-state index contributed by atoms with van der Waals surface area (Å²) >= 11 is 5.99. The molecule has 2 heterocycles. The summed E-state index contributed by atoms with van der Waals surface area (Å²) < 4.78 is 5.21. The van der Waals surface area contributed by atoms with Gasteiger partial charge in [-0.1, -0.05) is 54.1 Å². The minimum Gasteiger partial charge on any atom is -0.447 e. The molecule has 2 aromatic carbocycles. The summed E-state index contributed by atoms with van der Waals surface area (Å²) in [7, 11) is 1.79. The standard InChI is InChI=1S/C22H23ClN2O4/c1-22(13-19(24(2)29-22)16-8-10-17(23)11-9-16)20(26)25-18(14-28-21(25)27)12-15-6-4-3-5-7-15/h3-11,18-19H,12-14H2,1-2H3/t18-,19?,22?/m0/s1. The molecular weight excluding hydrogens is 392 g/mol. The molecule has 2 aromatic rings. The first-order valence-corrected chi connectivity index (χ1v) is 9.97. The summed E-state index contributed by atoms with van der Waals surface area (Å²) in [4.78, 5) is 33.0. The molecule has 0 aliphatic carbocycles. The SMILES string of the molecule is CN1OC(C)(C(=O)N2C(=O)OC[C@@H]2Cc2ccccc2)CC1c1ccc(Cl)cc1. The first-order chi connectivity index (χ1) is 13.9. The number of ether oxygens (including phenoxy) is 1. The molecule has 2 fully saturated rings. The Morgan fingerprint density at radius 1 is 1.17 bits per heavy atom. The molecule has 29 heavy (non-hydrogen) atoms. The predicted molar refractivity (Wildman–Crippen MR) is 108 cm³/mol. The molecule has 3 atom stereocenters. The van der Waals surface area contributed by atoms with Gasteiger partial charge in [-0.05, 0) is 36.6 Å². The van der Waals surface area contributed by atoms with Crippen LogP contribution in [0.1, 0.15) is 30.5 Å². The van der Waals surface area contributed by atoms with Crippen LogP contribution in [0.2, 0.25) is 5.02 Å². The lowest BCUT2D eigenvalue weighted by molar-refractivity contribution is -0.197. The van der Waals surface area contributed by atoms with E-state index in [0.717, 1.165) is 11.1 Å². The molecule has 2 saturated heterocycles. The Labute approximate surface area is 174 Å². The van der Waals surface area contributed by atoms with Crippen LogP contribution < -0.4 is 0 Å². The maximum Gasteiger partial charge on any atom is 0.417 e. The van der Waals surface area contributed by atoms with Crippen molar-refractivity contribution in [2.45, 2.75) is 37.5 Å². The quantitative estimate of drug-likeness (QED) is 0.756. The van der Waals surface area contributed by atoms with E-state index in [1.807, 2.05) is 54.6 Å². The predicted octanol–water partition coefficient (Wildman–Crippen LogP) is 4.00. The number of carbonyl (C=O) groups is 2. The topological polar surface area (TPSA) is 59.1 Å². The normalized spacial score (nSPS) is 27.3. The van der Waals surface area contributed by atoms with Gasteiger partial charge in [-0.2, -0.15) is 5.06 Å². The first-order valence-electron chi connectivity index (χ1n) is 9.59. The Hall–Kier alpha value is -2.41. The first kappa shape index (κ1) is 19.9. The van der Waals surface area contributed by atoms with Crippen LogP contribution in [0.5, 0.6) is 0 Å². The van der Waals surface area contributed by atoms with Gasteiger partial charge in [0.15, 0.2) is 5.60 Å². The number of hydrogen-bond donors (Lipinski definition) is 0. The zero-order valence-corrected chi connectivity index (χ0v) is 17.1. The maximum absolute atomic E-state index is 13.4. The van der Waals surface area contributed by atoms with Crippen molar-refractivity contribution in [3.05, 3.63) is 70.7 Å². The van der Waals surface area contributed by atoms with Crippen molar-refractivity contribution in [3.63, 3.8) is 0 Å². The zero-order chi connectivity index (χ0) is 20.6. The summed E-state index contributed by atoms with van der Waals surface area (Å²) in [6.45, 7) is 1.92. The fraction of sp³-hybridized carbons (Fsp3) is 0.364. The molecule has 0 aromatic heterocycles. The van der Waals surface area contributed by atoms with Crippen molar-refractivity contribution in [2.24, 2.45) is 0 Å². The van der Waals surface area contributed by atoms with Gasteiger partial charge in [0, 0.05) is 18.5 Å². The summed E-state index contributed by atoms with van der Waals surface area (Å²) in [5.41, 5.74) is 0.887. The number of amides is 2. The highest BCUT2D eigenvalue weighted by Crippen LogP contribution is 2.41. The molecule has 2 aliphatic heterocycles. The molecule has 152 valence electrons. The Bertz CT molecular complexity index is 905. The number of imide groups is 1. The largest absolute Gasteiger partial charge is 0.447 e. The average Bonchev–Trinajstić information content (AvgIpc) is 3.22. The van der Waals surface area contributed by atoms with E-state index in [4.69, 9.17) is 21.2 Å². The molecule has 0 radical (unpaired) electrons. The number of hydroxylamine groups is 2. The van der Waals surface area contributed by atoms with Crippen molar-refractivity contribution >= 4 is 23.6 Å². The van der Waals surface area contributed by atoms with E-state index in [1.165, 1.54) is 4.90 Å². The third kappa shape index (κ3) is 3.88. The van der Waals surface area contributed by atoms with E-state index in [0.29, 0.717) is 17.9 Å². The van der Waals surface area contributed by atoms with Gasteiger partial charge in [-0.3, -0.25) is 9.63 Å². The second-order valence-corrected chi connectivity index (χ2v) is 8.17. The van der Waals surface area contributed by atoms with Gasteiger partial charge >= 0.3 is 6.09 Å². The minimum absolute atomic E-state index is 0.118. The lowest BCUT2D eigenvalue weighted by Crippen LogP contribution is -2.51. The van der Waals surface area contributed by atoms with Gasteiger partial charge in [-0.15, -0.1) is 0 Å². The van der Waals surface area contributed by atoms with Crippen LogP contribution in [0.4, 0.5) is 4.79 Å². The molecule has 4 rings (SSSR count). The maximum atomic E-state index is 13.4. The zero-order valence-electron chi connectivity index (χ0n) is 16.4. The Kier molecular flexibility index (Phi) is 5.34. The highest BCUT2D eigenvalue weighted by atomic mass is 35.5. The molecule has 0 bridgehead atoms. The van der Waals surface area contributed by atoms with E-state index < -0.39 is 11.7 Å². The van der Waals surface area contributed by atoms with Gasteiger partial charge in [0.05, 0.1) is 12.1 Å². The lowest BCUT2D eigenvalue weighted by atomic mass is 9.92. The molecule has 2 unspecified atom stereocenters.